The second-order valence-electron chi connectivity index (χ2n) is 7.50. The number of carbonyl (C=O) groups is 2. The van der Waals surface area contributed by atoms with E-state index >= 15 is 0 Å². The van der Waals surface area contributed by atoms with Gasteiger partial charge in [0, 0.05) is 36.1 Å². The molecule has 0 radical (unpaired) electrons. The first kappa shape index (κ1) is 24.3. The molecule has 6 heteroatoms. The zero-order valence-corrected chi connectivity index (χ0v) is 18.9. The van der Waals surface area contributed by atoms with Crippen LogP contribution in [-0.2, 0) is 4.79 Å². The molecule has 2 rings (SSSR count). The van der Waals surface area contributed by atoms with Gasteiger partial charge < -0.3 is 20.3 Å². The van der Waals surface area contributed by atoms with E-state index in [0.717, 1.165) is 50.2 Å². The number of amides is 2. The summed E-state index contributed by atoms with van der Waals surface area (Å²) < 4.78 is 5.68. The van der Waals surface area contributed by atoms with E-state index in [0.29, 0.717) is 17.9 Å². The molecule has 6 nitrogen and oxygen atoms in total. The Labute approximate surface area is 186 Å². The summed E-state index contributed by atoms with van der Waals surface area (Å²) in [7, 11) is 0. The zero-order chi connectivity index (χ0) is 22.5. The minimum atomic E-state index is -0.166. The largest absolute Gasteiger partial charge is 0.494 e. The van der Waals surface area contributed by atoms with Crippen LogP contribution in [0.25, 0.3) is 0 Å². The van der Waals surface area contributed by atoms with E-state index in [-0.39, 0.29) is 18.4 Å². The second-order valence-corrected chi connectivity index (χ2v) is 7.50. The monoisotopic (exact) mass is 425 g/mol. The van der Waals surface area contributed by atoms with E-state index < -0.39 is 0 Å². The van der Waals surface area contributed by atoms with Gasteiger partial charge in [-0.25, -0.2) is 0 Å². The number of rotatable bonds is 13. The van der Waals surface area contributed by atoms with E-state index in [4.69, 9.17) is 4.74 Å². The SMILES string of the molecule is CCCCOc1cccc(NC(=O)CNc2cccc(C(=O)N(CCC)CCC)c2)c1. The predicted molar refractivity (Wildman–Crippen MR) is 127 cm³/mol. The van der Waals surface area contributed by atoms with Crippen molar-refractivity contribution in [3.05, 3.63) is 54.1 Å². The number of hydrogen-bond acceptors (Lipinski definition) is 4. The Morgan fingerprint density at radius 1 is 0.903 bits per heavy atom. The van der Waals surface area contributed by atoms with Crippen LogP contribution in [0.5, 0.6) is 5.75 Å². The molecule has 31 heavy (non-hydrogen) atoms. The molecule has 0 unspecified atom stereocenters. The molecule has 0 fully saturated rings. The third-order valence-corrected chi connectivity index (χ3v) is 4.72. The number of unbranched alkanes of at least 4 members (excludes halogenated alkanes) is 1. The van der Waals surface area contributed by atoms with Gasteiger partial charge in [0.15, 0.2) is 0 Å². The Morgan fingerprint density at radius 3 is 2.32 bits per heavy atom. The molecule has 0 atom stereocenters. The third-order valence-electron chi connectivity index (χ3n) is 4.72. The van der Waals surface area contributed by atoms with Crippen LogP contribution in [0.4, 0.5) is 11.4 Å². The number of carbonyl (C=O) groups excluding carboxylic acids is 2. The Bertz CT molecular complexity index is 832. The fraction of sp³-hybridized carbons (Fsp3) is 0.440. The van der Waals surface area contributed by atoms with E-state index in [1.165, 1.54) is 0 Å². The maximum absolute atomic E-state index is 12.8. The lowest BCUT2D eigenvalue weighted by molar-refractivity contribution is -0.114. The molecule has 2 amide bonds. The van der Waals surface area contributed by atoms with Crippen LogP contribution < -0.4 is 15.4 Å². The van der Waals surface area contributed by atoms with Gasteiger partial charge in [-0.15, -0.1) is 0 Å². The second kappa shape index (κ2) is 13.3. The van der Waals surface area contributed by atoms with Crippen LogP contribution in [-0.4, -0.2) is 43.0 Å². The average molecular weight is 426 g/mol. The van der Waals surface area contributed by atoms with Crippen molar-refractivity contribution in [1.29, 1.82) is 0 Å². The molecule has 0 saturated carbocycles. The highest BCUT2D eigenvalue weighted by Gasteiger charge is 2.14. The van der Waals surface area contributed by atoms with Crippen molar-refractivity contribution >= 4 is 23.2 Å². The predicted octanol–water partition coefficient (Wildman–Crippen LogP) is 5.18. The van der Waals surface area contributed by atoms with Gasteiger partial charge in [-0.05, 0) is 49.6 Å². The van der Waals surface area contributed by atoms with Gasteiger partial charge in [-0.1, -0.05) is 39.3 Å². The molecule has 0 aromatic heterocycles. The Morgan fingerprint density at radius 2 is 1.61 bits per heavy atom. The minimum Gasteiger partial charge on any atom is -0.494 e. The van der Waals surface area contributed by atoms with E-state index in [1.54, 1.807) is 6.07 Å². The van der Waals surface area contributed by atoms with Crippen molar-refractivity contribution in [3.63, 3.8) is 0 Å². The number of anilines is 2. The van der Waals surface area contributed by atoms with E-state index in [1.807, 2.05) is 47.4 Å². The van der Waals surface area contributed by atoms with Gasteiger partial charge >= 0.3 is 0 Å². The molecule has 0 aliphatic carbocycles. The van der Waals surface area contributed by atoms with E-state index in [9.17, 15) is 9.59 Å². The standard InChI is InChI=1S/C25H35N3O3/c1-4-7-16-31-23-13-9-12-22(18-23)27-24(29)19-26-21-11-8-10-20(17-21)25(30)28(14-5-2)15-6-3/h8-13,17-18,26H,4-7,14-16,19H2,1-3H3,(H,27,29). The lowest BCUT2D eigenvalue weighted by Crippen LogP contribution is -2.32. The lowest BCUT2D eigenvalue weighted by Gasteiger charge is -2.21. The van der Waals surface area contributed by atoms with Gasteiger partial charge in [-0.2, -0.15) is 0 Å². The van der Waals surface area contributed by atoms with E-state index in [2.05, 4.69) is 31.4 Å². The number of hydrogen-bond donors (Lipinski definition) is 2. The Kier molecular flexibility index (Phi) is 10.4. The Balaban J connectivity index is 1.91. The summed E-state index contributed by atoms with van der Waals surface area (Å²) in [5.41, 5.74) is 2.06. The molecular weight excluding hydrogens is 390 g/mol. The first-order valence-corrected chi connectivity index (χ1v) is 11.2. The molecule has 0 heterocycles. The number of nitrogens with zero attached hydrogens (tertiary/aromatic N) is 1. The number of nitrogens with one attached hydrogen (secondary N) is 2. The van der Waals surface area contributed by atoms with Crippen molar-refractivity contribution in [2.24, 2.45) is 0 Å². The van der Waals surface area contributed by atoms with Gasteiger partial charge in [0.2, 0.25) is 5.91 Å². The maximum Gasteiger partial charge on any atom is 0.253 e. The summed E-state index contributed by atoms with van der Waals surface area (Å²) >= 11 is 0. The van der Waals surface area contributed by atoms with Crippen LogP contribution in [0.15, 0.2) is 48.5 Å². The molecule has 0 aliphatic rings. The first-order chi connectivity index (χ1) is 15.1. The normalized spacial score (nSPS) is 10.4. The summed E-state index contributed by atoms with van der Waals surface area (Å²) in [6.45, 7) is 8.51. The molecule has 0 bridgehead atoms. The quantitative estimate of drug-likeness (QED) is 0.434. The van der Waals surface area contributed by atoms with Gasteiger partial charge in [0.05, 0.1) is 13.2 Å². The summed E-state index contributed by atoms with van der Waals surface area (Å²) in [4.78, 5) is 27.0. The molecule has 2 aromatic rings. The van der Waals surface area contributed by atoms with Crippen LogP contribution >= 0.6 is 0 Å². The number of benzene rings is 2. The highest BCUT2D eigenvalue weighted by molar-refractivity contribution is 5.96. The van der Waals surface area contributed by atoms with Crippen molar-refractivity contribution in [3.8, 4) is 5.75 Å². The Hall–Kier alpha value is -3.02. The molecule has 0 saturated heterocycles. The summed E-state index contributed by atoms with van der Waals surface area (Å²) in [5, 5.41) is 5.98. The highest BCUT2D eigenvalue weighted by Crippen LogP contribution is 2.18. The van der Waals surface area contributed by atoms with Crippen molar-refractivity contribution in [2.75, 3.05) is 36.9 Å². The molecule has 2 N–H and O–H groups in total. The fourth-order valence-corrected chi connectivity index (χ4v) is 3.19. The number of ether oxygens (including phenoxy) is 1. The van der Waals surface area contributed by atoms with Crippen LogP contribution in [0.2, 0.25) is 0 Å². The molecule has 2 aromatic carbocycles. The van der Waals surface area contributed by atoms with Gasteiger partial charge in [0.25, 0.3) is 5.91 Å². The van der Waals surface area contributed by atoms with Crippen LogP contribution in [0.3, 0.4) is 0 Å². The lowest BCUT2D eigenvalue weighted by atomic mass is 10.1. The average Bonchev–Trinajstić information content (AvgIpc) is 2.78. The van der Waals surface area contributed by atoms with Crippen molar-refractivity contribution < 1.29 is 14.3 Å². The van der Waals surface area contributed by atoms with Gasteiger partial charge in [-0.3, -0.25) is 9.59 Å². The summed E-state index contributed by atoms with van der Waals surface area (Å²) in [6, 6.07) is 14.7. The maximum atomic E-state index is 12.8. The van der Waals surface area contributed by atoms with Crippen molar-refractivity contribution in [2.45, 2.75) is 46.5 Å². The topological polar surface area (TPSA) is 70.7 Å². The highest BCUT2D eigenvalue weighted by atomic mass is 16.5. The molecule has 0 spiro atoms. The summed E-state index contributed by atoms with van der Waals surface area (Å²) in [6.07, 6.45) is 3.92. The molecular formula is C25H35N3O3. The summed E-state index contributed by atoms with van der Waals surface area (Å²) in [5.74, 6) is 0.604. The smallest absolute Gasteiger partial charge is 0.253 e. The zero-order valence-electron chi connectivity index (χ0n) is 18.9. The fourth-order valence-electron chi connectivity index (χ4n) is 3.19. The minimum absolute atomic E-state index is 0.0247. The molecule has 168 valence electrons. The van der Waals surface area contributed by atoms with Gasteiger partial charge in [0.1, 0.15) is 5.75 Å². The first-order valence-electron chi connectivity index (χ1n) is 11.2. The van der Waals surface area contributed by atoms with Crippen LogP contribution in [0, 0.1) is 0 Å². The molecule has 0 aliphatic heterocycles. The van der Waals surface area contributed by atoms with Crippen LogP contribution in [0.1, 0.15) is 56.8 Å². The van der Waals surface area contributed by atoms with Crippen molar-refractivity contribution in [1.82, 2.24) is 4.90 Å². The third kappa shape index (κ3) is 8.32.